The zero-order chi connectivity index (χ0) is 13.0. The van der Waals surface area contributed by atoms with Crippen LogP contribution in [0.4, 0.5) is 5.69 Å². The second-order valence-corrected chi connectivity index (χ2v) is 4.34. The molecule has 0 aliphatic heterocycles. The van der Waals surface area contributed by atoms with E-state index in [1.807, 2.05) is 13.8 Å². The normalized spacial score (nSPS) is 14.1. The van der Waals surface area contributed by atoms with Gasteiger partial charge in [0.15, 0.2) is 0 Å². The maximum atomic E-state index is 11.1. The second kappa shape index (κ2) is 5.89. The molecular weight excluding hydrogens is 240 g/mol. The highest BCUT2D eigenvalue weighted by Crippen LogP contribution is 2.21. The molecule has 0 radical (unpaired) electrons. The van der Waals surface area contributed by atoms with Gasteiger partial charge in [0.2, 0.25) is 5.91 Å². The number of carbonyl (C=O) groups excluding carboxylic acids is 1. The van der Waals surface area contributed by atoms with Crippen LogP contribution in [-0.2, 0) is 4.74 Å². The number of hydrogen-bond donors (Lipinski definition) is 2. The molecule has 1 amide bonds. The van der Waals surface area contributed by atoms with Crippen LogP contribution in [0.1, 0.15) is 24.2 Å². The predicted octanol–water partition coefficient (Wildman–Crippen LogP) is 2.27. The standard InChI is InChI=1S/C12H17ClN2O2/c1-7(8(2)17-3)15-9-4-5-11(13)10(6-9)12(14)16/h4-8,15H,1-3H3,(H2,14,16). The van der Waals surface area contributed by atoms with Crippen molar-refractivity contribution in [3.05, 3.63) is 28.8 Å². The van der Waals surface area contributed by atoms with Crippen molar-refractivity contribution in [1.82, 2.24) is 0 Å². The van der Waals surface area contributed by atoms with Gasteiger partial charge in [-0.05, 0) is 32.0 Å². The van der Waals surface area contributed by atoms with Crippen molar-refractivity contribution in [3.8, 4) is 0 Å². The number of ether oxygens (including phenoxy) is 1. The van der Waals surface area contributed by atoms with E-state index in [2.05, 4.69) is 5.32 Å². The molecule has 0 spiro atoms. The van der Waals surface area contributed by atoms with E-state index in [9.17, 15) is 4.79 Å². The maximum Gasteiger partial charge on any atom is 0.250 e. The zero-order valence-electron chi connectivity index (χ0n) is 10.2. The Balaban J connectivity index is 2.86. The summed E-state index contributed by atoms with van der Waals surface area (Å²) < 4.78 is 5.21. The molecule has 0 bridgehead atoms. The Morgan fingerprint density at radius 1 is 1.47 bits per heavy atom. The third-order valence-electron chi connectivity index (χ3n) is 2.70. The van der Waals surface area contributed by atoms with Gasteiger partial charge < -0.3 is 15.8 Å². The van der Waals surface area contributed by atoms with Crippen molar-refractivity contribution in [2.75, 3.05) is 12.4 Å². The van der Waals surface area contributed by atoms with Gasteiger partial charge in [-0.2, -0.15) is 0 Å². The Hall–Kier alpha value is -1.26. The lowest BCUT2D eigenvalue weighted by atomic mass is 10.1. The fourth-order valence-electron chi connectivity index (χ4n) is 1.39. The molecule has 1 aromatic carbocycles. The van der Waals surface area contributed by atoms with Crippen LogP contribution < -0.4 is 11.1 Å². The highest BCUT2D eigenvalue weighted by atomic mass is 35.5. The third kappa shape index (κ3) is 3.61. The van der Waals surface area contributed by atoms with Gasteiger partial charge in [0.05, 0.1) is 16.7 Å². The largest absolute Gasteiger partial charge is 0.380 e. The quantitative estimate of drug-likeness (QED) is 0.850. The Morgan fingerprint density at radius 3 is 2.65 bits per heavy atom. The van der Waals surface area contributed by atoms with Crippen molar-refractivity contribution in [3.63, 3.8) is 0 Å². The van der Waals surface area contributed by atoms with Crippen LogP contribution in [0.15, 0.2) is 18.2 Å². The average Bonchev–Trinajstić information content (AvgIpc) is 2.30. The molecule has 0 heterocycles. The molecule has 3 N–H and O–H groups in total. The highest BCUT2D eigenvalue weighted by Gasteiger charge is 2.12. The lowest BCUT2D eigenvalue weighted by molar-refractivity contribution is 0.100. The minimum Gasteiger partial charge on any atom is -0.380 e. The van der Waals surface area contributed by atoms with E-state index < -0.39 is 5.91 Å². The summed E-state index contributed by atoms with van der Waals surface area (Å²) in [5, 5.41) is 3.58. The molecule has 0 aromatic heterocycles. The van der Waals surface area contributed by atoms with Gasteiger partial charge in [0, 0.05) is 18.8 Å². The van der Waals surface area contributed by atoms with Gasteiger partial charge >= 0.3 is 0 Å². The van der Waals surface area contributed by atoms with Gasteiger partial charge in [0.1, 0.15) is 0 Å². The minimum absolute atomic E-state index is 0.0581. The lowest BCUT2D eigenvalue weighted by Gasteiger charge is -2.21. The number of nitrogens with one attached hydrogen (secondary N) is 1. The monoisotopic (exact) mass is 256 g/mol. The van der Waals surface area contributed by atoms with Gasteiger partial charge in [-0.1, -0.05) is 11.6 Å². The number of halogens is 1. The molecule has 0 aliphatic rings. The number of methoxy groups -OCH3 is 1. The summed E-state index contributed by atoms with van der Waals surface area (Å²) in [7, 11) is 1.65. The van der Waals surface area contributed by atoms with Crippen molar-refractivity contribution in [2.24, 2.45) is 5.73 Å². The first-order valence-corrected chi connectivity index (χ1v) is 5.72. The number of anilines is 1. The van der Waals surface area contributed by atoms with Crippen molar-refractivity contribution in [2.45, 2.75) is 26.0 Å². The number of primary amides is 1. The number of benzene rings is 1. The molecule has 1 rings (SSSR count). The van der Waals surface area contributed by atoms with Crippen LogP contribution in [0.5, 0.6) is 0 Å². The van der Waals surface area contributed by atoms with E-state index in [0.29, 0.717) is 10.6 Å². The van der Waals surface area contributed by atoms with E-state index in [-0.39, 0.29) is 12.1 Å². The van der Waals surface area contributed by atoms with Crippen LogP contribution in [0.2, 0.25) is 5.02 Å². The maximum absolute atomic E-state index is 11.1. The zero-order valence-corrected chi connectivity index (χ0v) is 10.9. The van der Waals surface area contributed by atoms with E-state index in [4.69, 9.17) is 22.1 Å². The average molecular weight is 257 g/mol. The molecule has 1 aromatic rings. The molecule has 17 heavy (non-hydrogen) atoms. The van der Waals surface area contributed by atoms with E-state index in [1.54, 1.807) is 25.3 Å². The number of amides is 1. The van der Waals surface area contributed by atoms with Crippen molar-refractivity contribution < 1.29 is 9.53 Å². The van der Waals surface area contributed by atoms with Gasteiger partial charge in [0.25, 0.3) is 0 Å². The lowest BCUT2D eigenvalue weighted by Crippen LogP contribution is -2.29. The Morgan fingerprint density at radius 2 is 2.12 bits per heavy atom. The fourth-order valence-corrected chi connectivity index (χ4v) is 1.60. The highest BCUT2D eigenvalue weighted by molar-refractivity contribution is 6.33. The van der Waals surface area contributed by atoms with E-state index in [1.165, 1.54) is 0 Å². The summed E-state index contributed by atoms with van der Waals surface area (Å²) >= 11 is 5.86. The summed E-state index contributed by atoms with van der Waals surface area (Å²) in [5.74, 6) is -0.536. The first-order chi connectivity index (χ1) is 7.95. The van der Waals surface area contributed by atoms with E-state index >= 15 is 0 Å². The molecular formula is C12H17ClN2O2. The summed E-state index contributed by atoms with van der Waals surface area (Å²) in [6, 6.07) is 5.20. The number of hydrogen-bond acceptors (Lipinski definition) is 3. The van der Waals surface area contributed by atoms with Crippen LogP contribution >= 0.6 is 11.6 Å². The van der Waals surface area contributed by atoms with Crippen molar-refractivity contribution >= 4 is 23.2 Å². The van der Waals surface area contributed by atoms with E-state index in [0.717, 1.165) is 5.69 Å². The SMILES string of the molecule is COC(C)C(C)Nc1ccc(Cl)c(C(N)=O)c1. The minimum atomic E-state index is -0.536. The van der Waals surface area contributed by atoms with Crippen LogP contribution in [0.25, 0.3) is 0 Å². The molecule has 0 saturated heterocycles. The Bertz CT molecular complexity index is 409. The Labute approximate surface area is 106 Å². The molecule has 2 unspecified atom stereocenters. The first kappa shape index (κ1) is 13.8. The molecule has 2 atom stereocenters. The summed E-state index contributed by atoms with van der Waals surface area (Å²) in [6.45, 7) is 3.95. The fraction of sp³-hybridized carbons (Fsp3) is 0.417. The predicted molar refractivity (Wildman–Crippen MR) is 69.5 cm³/mol. The van der Waals surface area contributed by atoms with Gasteiger partial charge in [-0.25, -0.2) is 0 Å². The van der Waals surface area contributed by atoms with Gasteiger partial charge in [-0.15, -0.1) is 0 Å². The molecule has 4 nitrogen and oxygen atoms in total. The van der Waals surface area contributed by atoms with Gasteiger partial charge in [-0.3, -0.25) is 4.79 Å². The smallest absolute Gasteiger partial charge is 0.250 e. The second-order valence-electron chi connectivity index (χ2n) is 3.93. The van der Waals surface area contributed by atoms with Crippen LogP contribution in [-0.4, -0.2) is 25.2 Å². The molecule has 0 aliphatic carbocycles. The van der Waals surface area contributed by atoms with Crippen LogP contribution in [0, 0.1) is 0 Å². The first-order valence-electron chi connectivity index (χ1n) is 5.34. The number of carbonyl (C=O) groups is 1. The molecule has 5 heteroatoms. The topological polar surface area (TPSA) is 64.3 Å². The van der Waals surface area contributed by atoms with Crippen molar-refractivity contribution in [1.29, 1.82) is 0 Å². The molecule has 0 fully saturated rings. The third-order valence-corrected chi connectivity index (χ3v) is 3.03. The number of nitrogens with two attached hydrogens (primary N) is 1. The number of rotatable bonds is 5. The molecule has 94 valence electrons. The summed E-state index contributed by atoms with van der Waals surface area (Å²) in [5.41, 5.74) is 6.33. The summed E-state index contributed by atoms with van der Waals surface area (Å²) in [4.78, 5) is 11.1. The summed E-state index contributed by atoms with van der Waals surface area (Å²) in [6.07, 6.45) is 0.0581. The van der Waals surface area contributed by atoms with Crippen LogP contribution in [0.3, 0.4) is 0 Å². The molecule has 0 saturated carbocycles. The Kier molecular flexibility index (Phi) is 4.78.